The number of benzene rings is 2. The zero-order chi connectivity index (χ0) is 17.6. The molecule has 0 saturated heterocycles. The van der Waals surface area contributed by atoms with Gasteiger partial charge in [0.05, 0.1) is 6.54 Å². The first-order valence-electron chi connectivity index (χ1n) is 7.92. The van der Waals surface area contributed by atoms with E-state index in [-0.39, 0.29) is 25.2 Å². The third-order valence-electron chi connectivity index (χ3n) is 3.65. The van der Waals surface area contributed by atoms with Crippen LogP contribution in [-0.4, -0.2) is 18.7 Å². The normalized spacial score (nSPS) is 12.3. The van der Waals surface area contributed by atoms with Crippen molar-refractivity contribution in [1.82, 2.24) is 5.32 Å². The van der Waals surface area contributed by atoms with Gasteiger partial charge in [-0.25, -0.2) is 4.99 Å². The average Bonchev–Trinajstić information content (AvgIpc) is 3.06. The first-order chi connectivity index (χ1) is 12.1. The van der Waals surface area contributed by atoms with Crippen LogP contribution in [0.5, 0.6) is 11.5 Å². The van der Waals surface area contributed by atoms with Gasteiger partial charge in [0.1, 0.15) is 0 Å². The van der Waals surface area contributed by atoms with Crippen LogP contribution in [0.2, 0.25) is 0 Å². The summed E-state index contributed by atoms with van der Waals surface area (Å²) in [7, 11) is 0. The maximum absolute atomic E-state index is 5.50. The van der Waals surface area contributed by atoms with Gasteiger partial charge in [-0.1, -0.05) is 35.9 Å². The highest BCUT2D eigenvalue weighted by atomic mass is 35.5. The third kappa shape index (κ3) is 5.29. The molecule has 1 aliphatic rings. The summed E-state index contributed by atoms with van der Waals surface area (Å²) in [6, 6.07) is 13.9. The molecule has 0 unspecified atom stereocenters. The summed E-state index contributed by atoms with van der Waals surface area (Å²) in [4.78, 5) is 8.51. The molecule has 1 aliphatic heterocycles. The van der Waals surface area contributed by atoms with Gasteiger partial charge in [0.2, 0.25) is 12.8 Å². The van der Waals surface area contributed by atoms with E-state index in [1.807, 2.05) is 30.3 Å². The Balaban J connectivity index is 0.00000243. The van der Waals surface area contributed by atoms with E-state index in [0.29, 0.717) is 19.0 Å². The molecule has 2 aromatic rings. The highest BCUT2D eigenvalue weighted by molar-refractivity contribution is 5.93. The SMILES string of the molecule is Cc1ccc(CNC(N=C(N)N)=NCc2ccc3c(c2)OCO3)cc1.Cl. The number of nitrogens with zero attached hydrogens (tertiary/aromatic N) is 2. The maximum atomic E-state index is 5.50. The molecule has 0 radical (unpaired) electrons. The Bertz CT molecular complexity index is 802. The second-order valence-corrected chi connectivity index (χ2v) is 5.70. The molecule has 26 heavy (non-hydrogen) atoms. The molecule has 2 aromatic carbocycles. The molecule has 0 aliphatic carbocycles. The van der Waals surface area contributed by atoms with Crippen molar-refractivity contribution in [3.8, 4) is 11.5 Å². The smallest absolute Gasteiger partial charge is 0.231 e. The molecule has 7 nitrogen and oxygen atoms in total. The minimum atomic E-state index is -0.0409. The molecular formula is C18H22ClN5O2. The minimum Gasteiger partial charge on any atom is -0.454 e. The van der Waals surface area contributed by atoms with Gasteiger partial charge in [0, 0.05) is 6.54 Å². The number of hydrogen-bond acceptors (Lipinski definition) is 3. The second-order valence-electron chi connectivity index (χ2n) is 5.70. The molecule has 0 atom stereocenters. The van der Waals surface area contributed by atoms with Crippen LogP contribution in [0.3, 0.4) is 0 Å². The molecule has 8 heteroatoms. The van der Waals surface area contributed by atoms with Crippen LogP contribution < -0.4 is 26.3 Å². The van der Waals surface area contributed by atoms with Crippen LogP contribution >= 0.6 is 12.4 Å². The number of aliphatic imine (C=N–C) groups is 2. The fourth-order valence-electron chi connectivity index (χ4n) is 2.35. The molecule has 3 rings (SSSR count). The van der Waals surface area contributed by atoms with Gasteiger partial charge in [-0.15, -0.1) is 12.4 Å². The van der Waals surface area contributed by atoms with E-state index in [4.69, 9.17) is 20.9 Å². The van der Waals surface area contributed by atoms with Crippen LogP contribution in [0.25, 0.3) is 0 Å². The fraction of sp³-hybridized carbons (Fsp3) is 0.222. The van der Waals surface area contributed by atoms with Gasteiger partial charge in [-0.3, -0.25) is 0 Å². The zero-order valence-electron chi connectivity index (χ0n) is 14.4. The Morgan fingerprint density at radius 1 is 1.04 bits per heavy atom. The van der Waals surface area contributed by atoms with E-state index in [9.17, 15) is 0 Å². The van der Waals surface area contributed by atoms with Crippen LogP contribution in [0.4, 0.5) is 0 Å². The lowest BCUT2D eigenvalue weighted by atomic mass is 10.1. The predicted molar refractivity (Wildman–Crippen MR) is 105 cm³/mol. The van der Waals surface area contributed by atoms with Gasteiger partial charge >= 0.3 is 0 Å². The molecule has 0 amide bonds. The van der Waals surface area contributed by atoms with Crippen LogP contribution in [-0.2, 0) is 13.1 Å². The van der Waals surface area contributed by atoms with Crippen LogP contribution in [0, 0.1) is 6.92 Å². The number of rotatable bonds is 4. The highest BCUT2D eigenvalue weighted by Crippen LogP contribution is 2.32. The molecular weight excluding hydrogens is 354 g/mol. The van der Waals surface area contributed by atoms with E-state index < -0.39 is 0 Å². The summed E-state index contributed by atoms with van der Waals surface area (Å²) in [5.41, 5.74) is 14.3. The summed E-state index contributed by atoms with van der Waals surface area (Å²) in [6.07, 6.45) is 0. The lowest BCUT2D eigenvalue weighted by Crippen LogP contribution is -2.29. The lowest BCUT2D eigenvalue weighted by molar-refractivity contribution is 0.174. The lowest BCUT2D eigenvalue weighted by Gasteiger charge is -2.07. The molecule has 0 saturated carbocycles. The molecule has 138 valence electrons. The van der Waals surface area contributed by atoms with Crippen LogP contribution in [0.1, 0.15) is 16.7 Å². The molecule has 0 fully saturated rings. The number of hydrogen-bond donors (Lipinski definition) is 3. The monoisotopic (exact) mass is 375 g/mol. The summed E-state index contributed by atoms with van der Waals surface area (Å²) >= 11 is 0. The van der Waals surface area contributed by atoms with Gasteiger partial charge in [-0.2, -0.15) is 4.99 Å². The van der Waals surface area contributed by atoms with E-state index in [1.165, 1.54) is 5.56 Å². The first-order valence-corrected chi connectivity index (χ1v) is 7.92. The average molecular weight is 376 g/mol. The van der Waals surface area contributed by atoms with Crippen molar-refractivity contribution in [2.75, 3.05) is 6.79 Å². The Hall–Kier alpha value is -2.93. The highest BCUT2D eigenvalue weighted by Gasteiger charge is 2.12. The van der Waals surface area contributed by atoms with E-state index in [0.717, 1.165) is 22.6 Å². The summed E-state index contributed by atoms with van der Waals surface area (Å²) in [5.74, 6) is 1.82. The van der Waals surface area contributed by atoms with Crippen molar-refractivity contribution < 1.29 is 9.47 Å². The van der Waals surface area contributed by atoms with Crippen molar-refractivity contribution in [2.24, 2.45) is 21.5 Å². The number of guanidine groups is 2. The third-order valence-corrected chi connectivity index (χ3v) is 3.65. The standard InChI is InChI=1S/C18H21N5O2.ClH/c1-12-2-4-13(5-3-12)9-21-18(23-17(19)20)22-10-14-6-7-15-16(8-14)25-11-24-15;/h2-8H,9-11H2,1H3,(H5,19,20,21,22,23);1H. The minimum absolute atomic E-state index is 0. The summed E-state index contributed by atoms with van der Waals surface area (Å²) < 4.78 is 10.7. The number of aryl methyl sites for hydroxylation is 1. The number of fused-ring (bicyclic) bond motifs is 1. The topological polar surface area (TPSA) is 107 Å². The maximum Gasteiger partial charge on any atom is 0.231 e. The van der Waals surface area contributed by atoms with Crippen molar-refractivity contribution in [3.05, 3.63) is 59.2 Å². The Morgan fingerprint density at radius 2 is 1.73 bits per heavy atom. The second kappa shape index (κ2) is 8.96. The van der Waals surface area contributed by atoms with Crippen molar-refractivity contribution >= 4 is 24.3 Å². The number of halogens is 1. The van der Waals surface area contributed by atoms with Crippen molar-refractivity contribution in [3.63, 3.8) is 0 Å². The molecule has 5 N–H and O–H groups in total. The van der Waals surface area contributed by atoms with E-state index in [1.54, 1.807) is 0 Å². The van der Waals surface area contributed by atoms with Gasteiger partial charge < -0.3 is 26.3 Å². The molecule has 0 bridgehead atoms. The molecule has 1 heterocycles. The predicted octanol–water partition coefficient (Wildman–Crippen LogP) is 2.06. The summed E-state index contributed by atoms with van der Waals surface area (Å²) in [6.45, 7) is 3.30. The Kier molecular flexibility index (Phi) is 6.68. The number of ether oxygens (including phenoxy) is 2. The van der Waals surface area contributed by atoms with Gasteiger partial charge in [-0.05, 0) is 30.2 Å². The quantitative estimate of drug-likeness (QED) is 0.560. The fourth-order valence-corrected chi connectivity index (χ4v) is 2.35. The van der Waals surface area contributed by atoms with E-state index in [2.05, 4.69) is 34.4 Å². The van der Waals surface area contributed by atoms with Crippen molar-refractivity contribution in [1.29, 1.82) is 0 Å². The van der Waals surface area contributed by atoms with Gasteiger partial charge in [0.25, 0.3) is 0 Å². The van der Waals surface area contributed by atoms with E-state index >= 15 is 0 Å². The molecule has 0 aromatic heterocycles. The Labute approximate surface area is 158 Å². The number of nitrogens with one attached hydrogen (secondary N) is 1. The largest absolute Gasteiger partial charge is 0.454 e. The zero-order valence-corrected chi connectivity index (χ0v) is 15.3. The van der Waals surface area contributed by atoms with Crippen LogP contribution in [0.15, 0.2) is 52.4 Å². The van der Waals surface area contributed by atoms with Gasteiger partial charge in [0.15, 0.2) is 17.5 Å². The van der Waals surface area contributed by atoms with Crippen molar-refractivity contribution in [2.45, 2.75) is 20.0 Å². The molecule has 0 spiro atoms. The summed E-state index contributed by atoms with van der Waals surface area (Å²) in [5, 5.41) is 3.16. The first kappa shape index (κ1) is 19.4. The Morgan fingerprint density at radius 3 is 2.46 bits per heavy atom. The number of nitrogens with two attached hydrogens (primary N) is 2.